The Balaban J connectivity index is 2.17. The van der Waals surface area contributed by atoms with E-state index in [9.17, 15) is 10.5 Å². The van der Waals surface area contributed by atoms with Crippen molar-refractivity contribution in [2.45, 2.75) is 38.5 Å². The minimum atomic E-state index is -1.62. The molecule has 1 aliphatic carbocycles. The summed E-state index contributed by atoms with van der Waals surface area (Å²) in [6.45, 7) is 4.55. The number of nitriles is 2. The number of hydrogen-bond donors (Lipinski definition) is 1. The quantitative estimate of drug-likeness (QED) is 0.634. The van der Waals surface area contributed by atoms with Gasteiger partial charge in [-0.3, -0.25) is 0 Å². The van der Waals surface area contributed by atoms with E-state index in [1.165, 1.54) is 7.11 Å². The molecule has 3 atom stereocenters. The van der Waals surface area contributed by atoms with Crippen molar-refractivity contribution in [2.75, 3.05) is 27.4 Å². The van der Waals surface area contributed by atoms with Gasteiger partial charge < -0.3 is 24.7 Å². The van der Waals surface area contributed by atoms with Gasteiger partial charge in [0, 0.05) is 5.92 Å². The van der Waals surface area contributed by atoms with Gasteiger partial charge in [0.1, 0.15) is 11.3 Å². The fourth-order valence-electron chi connectivity index (χ4n) is 4.37. The lowest BCUT2D eigenvalue weighted by Crippen LogP contribution is -2.44. The molecule has 8 nitrogen and oxygen atoms in total. The van der Waals surface area contributed by atoms with Crippen LogP contribution in [0.4, 0.5) is 0 Å². The maximum atomic E-state index is 10.3. The summed E-state index contributed by atoms with van der Waals surface area (Å²) in [6, 6.07) is 9.90. The summed E-state index contributed by atoms with van der Waals surface area (Å²) in [4.78, 5) is 4.41. The van der Waals surface area contributed by atoms with Crippen LogP contribution in [0.5, 0.6) is 11.5 Å². The Bertz CT molecular complexity index is 895. The van der Waals surface area contributed by atoms with Crippen LogP contribution < -0.4 is 15.2 Å². The zero-order valence-corrected chi connectivity index (χ0v) is 17.2. The number of hydrogen-bond acceptors (Lipinski definition) is 8. The van der Waals surface area contributed by atoms with Crippen LogP contribution in [0.1, 0.15) is 38.2 Å². The first kappa shape index (κ1) is 20.9. The van der Waals surface area contributed by atoms with Crippen molar-refractivity contribution in [3.63, 3.8) is 0 Å². The highest BCUT2D eigenvalue weighted by Gasteiger charge is 2.93. The van der Waals surface area contributed by atoms with Crippen molar-refractivity contribution in [3.8, 4) is 23.6 Å². The molecule has 3 rings (SSSR count). The number of amidine groups is 1. The summed E-state index contributed by atoms with van der Waals surface area (Å²) in [5, 5.41) is 20.5. The van der Waals surface area contributed by atoms with E-state index in [1.807, 2.05) is 13.8 Å². The number of fused-ring (bicyclic) bond motifs is 1. The van der Waals surface area contributed by atoms with Crippen molar-refractivity contribution >= 4 is 5.84 Å². The summed E-state index contributed by atoms with van der Waals surface area (Å²) >= 11 is 0. The number of rotatable bonds is 9. The molecule has 0 spiro atoms. The van der Waals surface area contributed by atoms with E-state index in [0.717, 1.165) is 0 Å². The average molecular weight is 398 g/mol. The second-order valence-corrected chi connectivity index (χ2v) is 7.16. The molecule has 1 aliphatic heterocycles. The number of methoxy groups -OCH3 is 2. The molecule has 1 aromatic rings. The Morgan fingerprint density at radius 2 is 1.66 bits per heavy atom. The second-order valence-electron chi connectivity index (χ2n) is 7.16. The number of nitrogens with two attached hydrogens (primary N) is 1. The molecule has 0 saturated heterocycles. The molecule has 0 bridgehead atoms. The van der Waals surface area contributed by atoms with E-state index < -0.39 is 22.7 Å². The highest BCUT2D eigenvalue weighted by molar-refractivity contribution is 6.00. The maximum Gasteiger partial charge on any atom is 0.293 e. The molecule has 1 fully saturated rings. The average Bonchev–Trinajstić information content (AvgIpc) is 3.33. The lowest BCUT2D eigenvalue weighted by atomic mass is 9.93. The first-order valence-electron chi connectivity index (χ1n) is 9.66. The molecule has 154 valence electrons. The first-order valence-corrected chi connectivity index (χ1v) is 9.66. The van der Waals surface area contributed by atoms with Crippen LogP contribution in [0.3, 0.4) is 0 Å². The highest BCUT2D eigenvalue weighted by Crippen LogP contribution is 2.82. The molecule has 0 radical (unpaired) electrons. The van der Waals surface area contributed by atoms with Crippen LogP contribution in [0.25, 0.3) is 0 Å². The first-order chi connectivity index (χ1) is 14.0. The topological polar surface area (TPSA) is 123 Å². The monoisotopic (exact) mass is 398 g/mol. The van der Waals surface area contributed by atoms with Crippen molar-refractivity contribution in [1.82, 2.24) is 0 Å². The summed E-state index contributed by atoms with van der Waals surface area (Å²) in [5.41, 5.74) is 4.26. The molecule has 0 aromatic heterocycles. The molecule has 1 aromatic carbocycles. The van der Waals surface area contributed by atoms with Gasteiger partial charge in [0.2, 0.25) is 0 Å². The maximum absolute atomic E-state index is 10.3. The predicted octanol–water partition coefficient (Wildman–Crippen LogP) is 2.70. The van der Waals surface area contributed by atoms with Gasteiger partial charge in [0.05, 0.1) is 39.6 Å². The van der Waals surface area contributed by atoms with Crippen LogP contribution in [-0.2, 0) is 9.47 Å². The third-order valence-electron chi connectivity index (χ3n) is 5.67. The van der Waals surface area contributed by atoms with Crippen LogP contribution in [0.15, 0.2) is 23.2 Å². The normalized spacial score (nSPS) is 28.6. The van der Waals surface area contributed by atoms with Gasteiger partial charge in [-0.1, -0.05) is 19.9 Å². The molecule has 2 aliphatic rings. The largest absolute Gasteiger partial charge is 0.493 e. The van der Waals surface area contributed by atoms with E-state index in [1.54, 1.807) is 25.3 Å². The number of nitrogens with zero attached hydrogens (tertiary/aromatic N) is 3. The van der Waals surface area contributed by atoms with E-state index in [0.29, 0.717) is 43.1 Å². The van der Waals surface area contributed by atoms with Crippen LogP contribution in [-0.4, -0.2) is 39.2 Å². The van der Waals surface area contributed by atoms with Gasteiger partial charge in [0.15, 0.2) is 16.9 Å². The molecule has 2 N–H and O–H groups in total. The van der Waals surface area contributed by atoms with E-state index in [4.69, 9.17) is 24.7 Å². The number of aliphatic imine (C=N–C) groups is 1. The zero-order chi connectivity index (χ0) is 21.3. The van der Waals surface area contributed by atoms with Crippen molar-refractivity contribution < 1.29 is 18.9 Å². The SMILES string of the molecule is CCCOC1(OCCC)N=C(N)C2(C#N)C(c3ccc(OC)c(OC)c3)C12C#N. The Kier molecular flexibility index (Phi) is 5.44. The second kappa shape index (κ2) is 7.55. The Labute approximate surface area is 170 Å². The van der Waals surface area contributed by atoms with Crippen LogP contribution >= 0.6 is 0 Å². The smallest absolute Gasteiger partial charge is 0.293 e. The Morgan fingerprint density at radius 1 is 1.03 bits per heavy atom. The molecular formula is C21H26N4O4. The molecule has 1 heterocycles. The summed E-state index contributed by atoms with van der Waals surface area (Å²) in [7, 11) is 3.08. The summed E-state index contributed by atoms with van der Waals surface area (Å²) in [6.07, 6.45) is 1.41. The standard InChI is InChI=1S/C21H26N4O4/c1-5-9-28-21(29-10-6-2)20(13-23)17(19(20,12-22)18(24)25-21)14-7-8-15(26-3)16(11-14)27-4/h7-8,11,17H,5-6,9-10H2,1-4H3,(H2,24,25). The number of benzene rings is 1. The minimum Gasteiger partial charge on any atom is -0.493 e. The molecule has 8 heteroatoms. The zero-order valence-electron chi connectivity index (χ0n) is 17.2. The molecule has 29 heavy (non-hydrogen) atoms. The third kappa shape index (κ3) is 2.53. The predicted molar refractivity (Wildman–Crippen MR) is 105 cm³/mol. The van der Waals surface area contributed by atoms with Crippen molar-refractivity contribution in [2.24, 2.45) is 21.6 Å². The molecule has 1 saturated carbocycles. The van der Waals surface area contributed by atoms with E-state index in [-0.39, 0.29) is 5.84 Å². The van der Waals surface area contributed by atoms with Gasteiger partial charge in [-0.2, -0.15) is 10.5 Å². The summed E-state index contributed by atoms with van der Waals surface area (Å²) < 4.78 is 22.8. The lowest BCUT2D eigenvalue weighted by Gasteiger charge is -2.32. The van der Waals surface area contributed by atoms with Crippen molar-refractivity contribution in [3.05, 3.63) is 23.8 Å². The van der Waals surface area contributed by atoms with Gasteiger partial charge in [0.25, 0.3) is 5.91 Å². The van der Waals surface area contributed by atoms with Gasteiger partial charge >= 0.3 is 0 Å². The third-order valence-corrected chi connectivity index (χ3v) is 5.67. The minimum absolute atomic E-state index is 0.0635. The highest BCUT2D eigenvalue weighted by atomic mass is 16.7. The van der Waals surface area contributed by atoms with Crippen molar-refractivity contribution in [1.29, 1.82) is 10.5 Å². The molecular weight excluding hydrogens is 372 g/mol. The summed E-state index contributed by atoms with van der Waals surface area (Å²) in [5.74, 6) is -1.08. The lowest BCUT2D eigenvalue weighted by molar-refractivity contribution is -0.259. The fourth-order valence-corrected chi connectivity index (χ4v) is 4.37. The van der Waals surface area contributed by atoms with E-state index >= 15 is 0 Å². The van der Waals surface area contributed by atoms with Crippen LogP contribution in [0, 0.1) is 33.5 Å². The number of ether oxygens (including phenoxy) is 4. The Hall–Kier alpha value is -2.81. The van der Waals surface area contributed by atoms with Crippen LogP contribution in [0.2, 0.25) is 0 Å². The van der Waals surface area contributed by atoms with Gasteiger partial charge in [-0.25, -0.2) is 4.99 Å². The Morgan fingerprint density at radius 3 is 2.14 bits per heavy atom. The molecule has 3 unspecified atom stereocenters. The van der Waals surface area contributed by atoms with Gasteiger partial charge in [-0.05, 0) is 30.5 Å². The fraction of sp³-hybridized carbons (Fsp3) is 0.571. The van der Waals surface area contributed by atoms with E-state index in [2.05, 4.69) is 17.1 Å². The van der Waals surface area contributed by atoms with Gasteiger partial charge in [-0.15, -0.1) is 0 Å². The molecule has 0 amide bonds.